The third kappa shape index (κ3) is 3.60. The van der Waals surface area contributed by atoms with Gasteiger partial charge in [0.1, 0.15) is 28.8 Å². The van der Waals surface area contributed by atoms with Crippen molar-refractivity contribution in [1.82, 2.24) is 24.3 Å². The molecule has 3 aliphatic heterocycles. The van der Waals surface area contributed by atoms with Crippen molar-refractivity contribution in [1.29, 1.82) is 0 Å². The Balaban J connectivity index is 1.43. The van der Waals surface area contributed by atoms with Crippen molar-refractivity contribution >= 4 is 0 Å². The van der Waals surface area contributed by atoms with Crippen LogP contribution in [0.2, 0.25) is 0 Å². The number of pyridine rings is 1. The number of ether oxygens (including phenoxy) is 2. The molecule has 4 heterocycles. The van der Waals surface area contributed by atoms with E-state index in [-0.39, 0.29) is 11.9 Å². The Morgan fingerprint density at radius 1 is 1.03 bits per heavy atom. The quantitative estimate of drug-likeness (QED) is 0.359. The average Bonchev–Trinajstić information content (AvgIpc) is 3.48. The number of hydrogen-bond acceptors (Lipinski definition) is 5. The number of fused-ring (bicyclic) bond motifs is 2. The number of halogens is 2. The van der Waals surface area contributed by atoms with E-state index in [1.165, 1.54) is 24.4 Å². The normalized spacial score (nSPS) is 15.1. The highest BCUT2D eigenvalue weighted by atomic mass is 19.1. The molecule has 0 spiro atoms. The van der Waals surface area contributed by atoms with Crippen LogP contribution in [0.25, 0.3) is 28.3 Å². The average molecular weight is 473 g/mol. The highest BCUT2D eigenvalue weighted by Gasteiger charge is 2.29. The predicted octanol–water partition coefficient (Wildman–Crippen LogP) is 5.20. The summed E-state index contributed by atoms with van der Waals surface area (Å²) in [5, 5.41) is 8.83. The second-order valence-electron chi connectivity index (χ2n) is 8.50. The molecule has 0 N–H and O–H groups in total. The number of rotatable bonds is 4. The number of aromatic nitrogens is 5. The molecule has 1 atom stereocenters. The summed E-state index contributed by atoms with van der Waals surface area (Å²) in [7, 11) is 1.60. The summed E-state index contributed by atoms with van der Waals surface area (Å²) in [6.45, 7) is 2.31. The summed E-state index contributed by atoms with van der Waals surface area (Å²) < 4.78 is 43.6. The molecule has 176 valence electrons. The summed E-state index contributed by atoms with van der Waals surface area (Å²) in [5.74, 6) is 0.831. The molecule has 0 saturated carbocycles. The largest absolute Gasteiger partial charge is 0.495 e. The molecule has 1 aromatic heterocycles. The first-order valence-corrected chi connectivity index (χ1v) is 11.2. The van der Waals surface area contributed by atoms with Gasteiger partial charge < -0.3 is 18.6 Å². The monoisotopic (exact) mass is 473 g/mol. The third-order valence-electron chi connectivity index (χ3n) is 6.29. The molecule has 0 aliphatic carbocycles. The first kappa shape index (κ1) is 21.3. The van der Waals surface area contributed by atoms with Crippen molar-refractivity contribution in [2.45, 2.75) is 19.4 Å². The van der Waals surface area contributed by atoms with E-state index in [1.54, 1.807) is 24.1 Å². The maximum Gasteiger partial charge on any atom is 0.165 e. The van der Waals surface area contributed by atoms with Gasteiger partial charge in [-0.25, -0.2) is 13.8 Å². The van der Waals surface area contributed by atoms with Crippen LogP contribution < -0.4 is 9.47 Å². The first-order chi connectivity index (χ1) is 17.0. The fraction of sp³-hybridized carbons (Fsp3) is 0.192. The summed E-state index contributed by atoms with van der Waals surface area (Å²) in [4.78, 5) is 4.28. The van der Waals surface area contributed by atoms with E-state index in [2.05, 4.69) is 15.2 Å². The van der Waals surface area contributed by atoms with Crippen LogP contribution >= 0.6 is 0 Å². The summed E-state index contributed by atoms with van der Waals surface area (Å²) in [6, 6.07) is 11.3. The number of nitrogens with zero attached hydrogens (tertiary/aromatic N) is 5. The number of benzene rings is 2. The molecule has 7 nitrogen and oxygen atoms in total. The number of imidazole rings is 1. The lowest BCUT2D eigenvalue weighted by Crippen LogP contribution is -2.22. The lowest BCUT2D eigenvalue weighted by molar-refractivity contribution is 0.254. The smallest absolute Gasteiger partial charge is 0.165 e. The highest BCUT2D eigenvalue weighted by Crippen LogP contribution is 2.41. The fourth-order valence-corrected chi connectivity index (χ4v) is 4.68. The number of aryl methyl sites for hydroxylation is 1. The maximum absolute atomic E-state index is 14.9. The predicted molar refractivity (Wildman–Crippen MR) is 125 cm³/mol. The van der Waals surface area contributed by atoms with Gasteiger partial charge in [0.2, 0.25) is 0 Å². The second kappa shape index (κ2) is 8.19. The zero-order valence-electron chi connectivity index (χ0n) is 19.1. The lowest BCUT2D eigenvalue weighted by Gasteiger charge is -2.29. The van der Waals surface area contributed by atoms with Gasteiger partial charge in [0.25, 0.3) is 0 Å². The van der Waals surface area contributed by atoms with Crippen LogP contribution in [-0.4, -0.2) is 38.0 Å². The highest BCUT2D eigenvalue weighted by molar-refractivity contribution is 5.80. The Kier molecular flexibility index (Phi) is 4.98. The molecule has 35 heavy (non-hydrogen) atoms. The first-order valence-electron chi connectivity index (χ1n) is 11.2. The second-order valence-corrected chi connectivity index (χ2v) is 8.50. The molecule has 1 unspecified atom stereocenters. The van der Waals surface area contributed by atoms with Crippen LogP contribution in [-0.2, 0) is 0 Å². The fourth-order valence-electron chi connectivity index (χ4n) is 4.68. The van der Waals surface area contributed by atoms with Crippen molar-refractivity contribution in [3.05, 3.63) is 84.1 Å². The summed E-state index contributed by atoms with van der Waals surface area (Å²) in [6.07, 6.45) is 5.64. The molecule has 0 bridgehead atoms. The molecule has 0 fully saturated rings. The zero-order valence-corrected chi connectivity index (χ0v) is 19.1. The standard InChI is InChI=1S/C26H21F2N5O2/c1-15-12-32(14-29-15)22-6-3-16(9-24(22)34-2)25-20-10-18(28)13-33(26(20)31-30-25)21-7-8-35-23-11-17(27)4-5-19(21)23/h3-6,9-14,21H,7-8H2,1-2H3. The van der Waals surface area contributed by atoms with E-state index < -0.39 is 5.82 Å². The van der Waals surface area contributed by atoms with Gasteiger partial charge in [0, 0.05) is 36.0 Å². The molecule has 0 amide bonds. The SMILES string of the molecule is COc1cc(-c2nnc3n(C4CCOc5cc(F)ccc54)cc(F)cc2-3)ccc1-n1cnc(C)c1. The van der Waals surface area contributed by atoms with Crippen LogP contribution in [0.1, 0.15) is 23.7 Å². The van der Waals surface area contributed by atoms with E-state index in [0.29, 0.717) is 41.6 Å². The number of hydrogen-bond donors (Lipinski definition) is 0. The lowest BCUT2D eigenvalue weighted by atomic mass is 9.98. The van der Waals surface area contributed by atoms with E-state index in [0.717, 1.165) is 22.5 Å². The Morgan fingerprint density at radius 3 is 2.71 bits per heavy atom. The molecule has 2 aromatic carbocycles. The topological polar surface area (TPSA) is 67.0 Å². The van der Waals surface area contributed by atoms with Crippen LogP contribution in [0, 0.1) is 18.6 Å². The van der Waals surface area contributed by atoms with Crippen LogP contribution in [0.15, 0.2) is 61.2 Å². The molecule has 0 saturated heterocycles. The van der Waals surface area contributed by atoms with Crippen LogP contribution in [0.5, 0.6) is 11.5 Å². The molecular weight excluding hydrogens is 452 g/mol. The van der Waals surface area contributed by atoms with Gasteiger partial charge in [-0.3, -0.25) is 0 Å². The minimum Gasteiger partial charge on any atom is -0.495 e. The van der Waals surface area contributed by atoms with Crippen molar-refractivity contribution in [2.75, 3.05) is 13.7 Å². The maximum atomic E-state index is 14.9. The van der Waals surface area contributed by atoms with Crippen LogP contribution in [0.4, 0.5) is 8.78 Å². The van der Waals surface area contributed by atoms with Gasteiger partial charge in [-0.05, 0) is 31.2 Å². The molecule has 3 aliphatic rings. The van der Waals surface area contributed by atoms with Gasteiger partial charge >= 0.3 is 0 Å². The Bertz CT molecular complexity index is 1530. The van der Waals surface area contributed by atoms with Gasteiger partial charge in [-0.2, -0.15) is 0 Å². The van der Waals surface area contributed by atoms with Gasteiger partial charge in [0.15, 0.2) is 5.82 Å². The van der Waals surface area contributed by atoms with Crippen molar-refractivity contribution in [3.63, 3.8) is 0 Å². The molecule has 9 heteroatoms. The summed E-state index contributed by atoms with van der Waals surface area (Å²) >= 11 is 0. The van der Waals surface area contributed by atoms with Crippen molar-refractivity contribution in [2.24, 2.45) is 0 Å². The van der Waals surface area contributed by atoms with Crippen LogP contribution in [0.3, 0.4) is 0 Å². The molecule has 6 rings (SSSR count). The summed E-state index contributed by atoms with van der Waals surface area (Å²) in [5.41, 5.74) is 4.37. The van der Waals surface area contributed by atoms with Gasteiger partial charge in [-0.1, -0.05) is 12.1 Å². The molecular formula is C26H21F2N5O2. The van der Waals surface area contributed by atoms with Gasteiger partial charge in [-0.15, -0.1) is 10.2 Å². The number of methoxy groups -OCH3 is 1. The zero-order chi connectivity index (χ0) is 24.1. The van der Waals surface area contributed by atoms with Crippen molar-refractivity contribution < 1.29 is 18.3 Å². The molecule has 0 radical (unpaired) electrons. The van der Waals surface area contributed by atoms with E-state index in [9.17, 15) is 8.78 Å². The Hall–Kier alpha value is -4.27. The van der Waals surface area contributed by atoms with E-state index in [4.69, 9.17) is 9.47 Å². The van der Waals surface area contributed by atoms with Crippen molar-refractivity contribution in [3.8, 4) is 39.8 Å². The van der Waals surface area contributed by atoms with E-state index in [1.807, 2.05) is 35.9 Å². The van der Waals surface area contributed by atoms with E-state index >= 15 is 0 Å². The minimum atomic E-state index is -0.416. The molecule has 3 aromatic rings. The third-order valence-corrected chi connectivity index (χ3v) is 6.29. The van der Waals surface area contributed by atoms with Gasteiger partial charge in [0.05, 0.1) is 43.0 Å². The Labute approximate surface area is 199 Å². The minimum absolute atomic E-state index is 0.261. The Morgan fingerprint density at radius 2 is 1.91 bits per heavy atom.